The molecular formula is C9H12N4O. The van der Waals surface area contributed by atoms with Gasteiger partial charge in [0.25, 0.3) is 0 Å². The first-order valence-corrected chi connectivity index (χ1v) is 3.97. The molecule has 0 aromatic heterocycles. The van der Waals surface area contributed by atoms with Crippen LogP contribution in [0, 0.1) is 0 Å². The van der Waals surface area contributed by atoms with E-state index < -0.39 is 5.91 Å². The second kappa shape index (κ2) is 4.29. The molecular weight excluding hydrogens is 180 g/mol. The average molecular weight is 192 g/mol. The Kier molecular flexibility index (Phi) is 3.09. The van der Waals surface area contributed by atoms with Gasteiger partial charge in [-0.1, -0.05) is 0 Å². The topological polar surface area (TPSA) is 98.4 Å². The number of benzene rings is 1. The number of primary amides is 1. The zero-order valence-corrected chi connectivity index (χ0v) is 7.55. The van der Waals surface area contributed by atoms with Crippen molar-refractivity contribution in [2.75, 3.05) is 5.01 Å². The monoisotopic (exact) mass is 192 g/mol. The Morgan fingerprint density at radius 3 is 2.29 bits per heavy atom. The predicted molar refractivity (Wildman–Crippen MR) is 55.0 cm³/mol. The number of nitrogens with two attached hydrogens (primary N) is 3. The van der Waals surface area contributed by atoms with Crippen LogP contribution >= 0.6 is 0 Å². The minimum absolute atomic E-state index is 0.443. The summed E-state index contributed by atoms with van der Waals surface area (Å²) in [5, 5.41) is 1.34. The Balaban J connectivity index is 2.88. The molecule has 0 unspecified atom stereocenters. The van der Waals surface area contributed by atoms with Crippen LogP contribution in [0.25, 0.3) is 0 Å². The third-order valence-corrected chi connectivity index (χ3v) is 1.70. The molecule has 0 atom stereocenters. The maximum atomic E-state index is 10.8. The molecule has 0 radical (unpaired) electrons. The predicted octanol–water partition coefficient (Wildman–Crippen LogP) is -0.104. The minimum atomic E-state index is -0.463. The Morgan fingerprint density at radius 1 is 1.29 bits per heavy atom. The third-order valence-electron chi connectivity index (χ3n) is 1.70. The summed E-state index contributed by atoms with van der Waals surface area (Å²) in [4.78, 5) is 10.8. The molecule has 1 aromatic carbocycles. The van der Waals surface area contributed by atoms with Crippen molar-refractivity contribution in [1.29, 1.82) is 0 Å². The molecule has 5 nitrogen and oxygen atoms in total. The first-order chi connectivity index (χ1) is 6.65. The molecule has 1 aromatic rings. The molecule has 14 heavy (non-hydrogen) atoms. The number of hydrogen-bond acceptors (Lipinski definition) is 4. The van der Waals surface area contributed by atoms with Crippen LogP contribution in [-0.2, 0) is 0 Å². The lowest BCUT2D eigenvalue weighted by Gasteiger charge is -2.12. The van der Waals surface area contributed by atoms with E-state index >= 15 is 0 Å². The second-order valence-corrected chi connectivity index (χ2v) is 2.66. The van der Waals surface area contributed by atoms with Crippen LogP contribution in [-0.4, -0.2) is 5.91 Å². The summed E-state index contributed by atoms with van der Waals surface area (Å²) in [6.07, 6.45) is 2.82. The molecule has 0 heterocycles. The molecule has 1 rings (SSSR count). The highest BCUT2D eigenvalue weighted by Gasteiger charge is 2.01. The van der Waals surface area contributed by atoms with Gasteiger partial charge < -0.3 is 11.5 Å². The summed E-state index contributed by atoms with van der Waals surface area (Å²) in [5.74, 6) is 5.12. The Hall–Kier alpha value is -2.01. The molecule has 0 aliphatic heterocycles. The quantitative estimate of drug-likeness (QED) is 0.460. The number of carbonyl (C=O) groups excluding carboxylic acids is 1. The van der Waals surface area contributed by atoms with Crippen LogP contribution in [0.3, 0.4) is 0 Å². The Morgan fingerprint density at radius 2 is 1.86 bits per heavy atom. The molecule has 0 spiro atoms. The van der Waals surface area contributed by atoms with Crippen LogP contribution in [0.2, 0.25) is 0 Å². The fourth-order valence-corrected chi connectivity index (χ4v) is 0.977. The van der Waals surface area contributed by atoms with E-state index in [0.717, 1.165) is 5.69 Å². The van der Waals surface area contributed by atoms with E-state index in [4.69, 9.17) is 17.3 Å². The highest BCUT2D eigenvalue weighted by Crippen LogP contribution is 2.12. The minimum Gasteiger partial charge on any atom is -0.403 e. The van der Waals surface area contributed by atoms with Gasteiger partial charge in [-0.05, 0) is 24.3 Å². The highest BCUT2D eigenvalue weighted by molar-refractivity contribution is 5.93. The number of amides is 1. The fourth-order valence-electron chi connectivity index (χ4n) is 0.977. The van der Waals surface area contributed by atoms with Crippen LogP contribution in [0.1, 0.15) is 10.4 Å². The zero-order chi connectivity index (χ0) is 10.6. The zero-order valence-electron chi connectivity index (χ0n) is 7.55. The number of hydrazine groups is 1. The average Bonchev–Trinajstić information content (AvgIpc) is 2.18. The van der Waals surface area contributed by atoms with Gasteiger partial charge >= 0.3 is 0 Å². The van der Waals surface area contributed by atoms with Gasteiger partial charge in [0.05, 0.1) is 5.69 Å². The van der Waals surface area contributed by atoms with Gasteiger partial charge in [-0.25, -0.2) is 5.84 Å². The first kappa shape index (κ1) is 10.1. The molecule has 0 aliphatic rings. The van der Waals surface area contributed by atoms with Gasteiger partial charge in [0.2, 0.25) is 5.91 Å². The van der Waals surface area contributed by atoms with Crippen LogP contribution < -0.4 is 22.3 Å². The van der Waals surface area contributed by atoms with E-state index in [9.17, 15) is 4.79 Å². The van der Waals surface area contributed by atoms with Crippen molar-refractivity contribution in [2.45, 2.75) is 0 Å². The maximum Gasteiger partial charge on any atom is 0.248 e. The number of hydrogen-bond donors (Lipinski definition) is 3. The lowest BCUT2D eigenvalue weighted by molar-refractivity contribution is 0.100. The maximum absolute atomic E-state index is 10.8. The van der Waals surface area contributed by atoms with Crippen LogP contribution in [0.4, 0.5) is 5.69 Å². The lowest BCUT2D eigenvalue weighted by atomic mass is 10.2. The summed E-state index contributed by atoms with van der Waals surface area (Å²) in [6, 6.07) is 6.56. The summed E-state index contributed by atoms with van der Waals surface area (Å²) >= 11 is 0. The van der Waals surface area contributed by atoms with Crippen LogP contribution in [0.5, 0.6) is 0 Å². The van der Waals surface area contributed by atoms with E-state index in [2.05, 4.69) is 0 Å². The number of nitrogens with zero attached hydrogens (tertiary/aromatic N) is 1. The molecule has 0 aliphatic carbocycles. The highest BCUT2D eigenvalue weighted by atomic mass is 16.1. The normalized spacial score (nSPS) is 10.4. The molecule has 0 fully saturated rings. The second-order valence-electron chi connectivity index (χ2n) is 2.66. The lowest BCUT2D eigenvalue weighted by Crippen LogP contribution is -2.24. The molecule has 74 valence electrons. The van der Waals surface area contributed by atoms with Crippen molar-refractivity contribution in [2.24, 2.45) is 17.3 Å². The van der Waals surface area contributed by atoms with E-state index in [1.165, 1.54) is 17.4 Å². The van der Waals surface area contributed by atoms with Crippen LogP contribution in [0.15, 0.2) is 36.7 Å². The van der Waals surface area contributed by atoms with Gasteiger partial charge in [0, 0.05) is 18.0 Å². The molecule has 0 saturated heterocycles. The van der Waals surface area contributed by atoms with Gasteiger partial charge in [0.1, 0.15) is 0 Å². The Bertz CT molecular complexity index is 344. The van der Waals surface area contributed by atoms with E-state index in [1.54, 1.807) is 24.3 Å². The standard InChI is InChI=1S/C9H12N4O/c10-5-6-13(12)8-3-1-7(2-4-8)9(11)14/h1-6H,10,12H2,(H2,11,14)/b6-5-. The summed E-state index contributed by atoms with van der Waals surface area (Å²) < 4.78 is 0. The largest absolute Gasteiger partial charge is 0.403 e. The number of carbonyl (C=O) groups is 1. The Labute approximate surface area is 81.7 Å². The van der Waals surface area contributed by atoms with Gasteiger partial charge in [0.15, 0.2) is 0 Å². The number of anilines is 1. The van der Waals surface area contributed by atoms with E-state index in [-0.39, 0.29) is 0 Å². The van der Waals surface area contributed by atoms with Crippen molar-refractivity contribution < 1.29 is 4.79 Å². The van der Waals surface area contributed by atoms with Gasteiger partial charge in [-0.15, -0.1) is 0 Å². The molecule has 1 amide bonds. The summed E-state index contributed by atoms with van der Waals surface area (Å²) in [6.45, 7) is 0. The van der Waals surface area contributed by atoms with Crippen molar-refractivity contribution in [3.8, 4) is 0 Å². The molecule has 0 saturated carbocycles. The molecule has 0 bridgehead atoms. The van der Waals surface area contributed by atoms with E-state index in [0.29, 0.717) is 5.56 Å². The van der Waals surface area contributed by atoms with Gasteiger partial charge in [-0.2, -0.15) is 0 Å². The summed E-state index contributed by atoms with van der Waals surface area (Å²) in [7, 11) is 0. The summed E-state index contributed by atoms with van der Waals surface area (Å²) in [5.41, 5.74) is 11.4. The van der Waals surface area contributed by atoms with Crippen molar-refractivity contribution in [3.05, 3.63) is 42.2 Å². The van der Waals surface area contributed by atoms with Gasteiger partial charge in [-0.3, -0.25) is 9.80 Å². The molecule has 6 N–H and O–H groups in total. The third kappa shape index (κ3) is 2.24. The van der Waals surface area contributed by atoms with E-state index in [1.807, 2.05) is 0 Å². The van der Waals surface area contributed by atoms with Crippen molar-refractivity contribution in [1.82, 2.24) is 0 Å². The number of rotatable bonds is 3. The first-order valence-electron chi connectivity index (χ1n) is 3.97. The fraction of sp³-hybridized carbons (Fsp3) is 0. The van der Waals surface area contributed by atoms with Crippen molar-refractivity contribution >= 4 is 11.6 Å². The van der Waals surface area contributed by atoms with Crippen molar-refractivity contribution in [3.63, 3.8) is 0 Å². The molecule has 5 heteroatoms. The SMILES string of the molecule is N/C=C\N(N)c1ccc(C(N)=O)cc1. The smallest absolute Gasteiger partial charge is 0.248 e.